The molecule has 3 aromatic rings. The molecule has 210 valence electrons. The summed E-state index contributed by atoms with van der Waals surface area (Å²) in [4.78, 5) is 18.8. The number of hydrogen-bond donors (Lipinski definition) is 4. The molecule has 1 atom stereocenters. The normalized spacial score (nSPS) is 16.3. The number of benzene rings is 2. The van der Waals surface area contributed by atoms with E-state index in [1.165, 1.54) is 13.3 Å². The molecule has 1 aliphatic heterocycles. The molecule has 0 radical (unpaired) electrons. The number of ether oxygens (including phenoxy) is 1. The fourth-order valence-corrected chi connectivity index (χ4v) is 5.23. The van der Waals surface area contributed by atoms with E-state index >= 15 is 0 Å². The van der Waals surface area contributed by atoms with Crippen LogP contribution in [0.2, 0.25) is 0 Å². The molecule has 2 heterocycles. The van der Waals surface area contributed by atoms with Crippen molar-refractivity contribution in [3.05, 3.63) is 65.1 Å². The second-order valence-corrected chi connectivity index (χ2v) is 9.90. The fourth-order valence-electron chi connectivity index (χ4n) is 5.23. The number of carboxylic acids is 1. The standard InChI is InChI=1S/C28H32F3N3O5/c1-39-19-2-3-23-20(14-19)25(17(16-35)15-33-23)24(36)4-5-28(27(37)38)6-9-34(10-7-28)11-8-32-18-12-21(29)26(31)22(30)13-18/h2-3,12-15,24,32,35-36H,4-11,16H2,1H3,(H,37,38). The minimum Gasteiger partial charge on any atom is -0.497 e. The van der Waals surface area contributed by atoms with Gasteiger partial charge in [0.25, 0.3) is 0 Å². The van der Waals surface area contributed by atoms with Crippen LogP contribution in [0.1, 0.15) is 42.9 Å². The highest BCUT2D eigenvalue weighted by Crippen LogP contribution is 2.40. The lowest BCUT2D eigenvalue weighted by molar-refractivity contribution is -0.153. The largest absolute Gasteiger partial charge is 0.497 e. The summed E-state index contributed by atoms with van der Waals surface area (Å²) >= 11 is 0. The molecule has 8 nitrogen and oxygen atoms in total. The summed E-state index contributed by atoms with van der Waals surface area (Å²) in [7, 11) is 1.53. The topological polar surface area (TPSA) is 115 Å². The van der Waals surface area contributed by atoms with E-state index in [2.05, 4.69) is 10.3 Å². The third kappa shape index (κ3) is 6.26. The maximum atomic E-state index is 13.4. The van der Waals surface area contributed by atoms with Crippen molar-refractivity contribution in [1.29, 1.82) is 0 Å². The van der Waals surface area contributed by atoms with Crippen molar-refractivity contribution in [2.24, 2.45) is 5.41 Å². The molecule has 1 unspecified atom stereocenters. The molecule has 39 heavy (non-hydrogen) atoms. The van der Waals surface area contributed by atoms with Gasteiger partial charge in [0.05, 0.1) is 30.8 Å². The van der Waals surface area contributed by atoms with E-state index in [9.17, 15) is 33.3 Å². The third-order valence-electron chi connectivity index (χ3n) is 7.61. The Bertz CT molecular complexity index is 1300. The first-order valence-electron chi connectivity index (χ1n) is 12.8. The Balaban J connectivity index is 1.38. The summed E-state index contributed by atoms with van der Waals surface area (Å²) in [6.45, 7) is 1.51. The zero-order valence-corrected chi connectivity index (χ0v) is 21.6. The first-order valence-corrected chi connectivity index (χ1v) is 12.8. The number of aliphatic carboxylic acids is 1. The Kier molecular flexibility index (Phi) is 8.94. The minimum absolute atomic E-state index is 0.126. The summed E-state index contributed by atoms with van der Waals surface area (Å²) in [6, 6.07) is 7.04. The molecule has 11 heteroatoms. The zero-order valence-electron chi connectivity index (χ0n) is 21.6. The van der Waals surface area contributed by atoms with Crippen LogP contribution in [0.25, 0.3) is 10.9 Å². The van der Waals surface area contributed by atoms with Gasteiger partial charge in [0.2, 0.25) is 0 Å². The number of anilines is 1. The van der Waals surface area contributed by atoms with Gasteiger partial charge < -0.3 is 30.3 Å². The maximum Gasteiger partial charge on any atom is 0.309 e. The van der Waals surface area contributed by atoms with Gasteiger partial charge in [-0.15, -0.1) is 0 Å². The molecule has 1 aliphatic rings. The van der Waals surface area contributed by atoms with Crippen molar-refractivity contribution in [3.8, 4) is 5.75 Å². The van der Waals surface area contributed by atoms with Gasteiger partial charge in [-0.2, -0.15) is 0 Å². The van der Waals surface area contributed by atoms with Gasteiger partial charge in [0, 0.05) is 48.1 Å². The summed E-state index contributed by atoms with van der Waals surface area (Å²) < 4.78 is 45.3. The van der Waals surface area contributed by atoms with Crippen molar-refractivity contribution in [2.75, 3.05) is 38.6 Å². The van der Waals surface area contributed by atoms with Crippen molar-refractivity contribution in [2.45, 2.75) is 38.4 Å². The lowest BCUT2D eigenvalue weighted by atomic mass is 9.74. The van der Waals surface area contributed by atoms with Gasteiger partial charge in [0.1, 0.15) is 5.75 Å². The van der Waals surface area contributed by atoms with Crippen LogP contribution in [0.5, 0.6) is 5.75 Å². The molecule has 1 aromatic heterocycles. The summed E-state index contributed by atoms with van der Waals surface area (Å²) in [5.74, 6) is -4.40. The van der Waals surface area contributed by atoms with E-state index in [-0.39, 0.29) is 25.1 Å². The number of nitrogens with zero attached hydrogens (tertiary/aromatic N) is 2. The van der Waals surface area contributed by atoms with Crippen molar-refractivity contribution in [3.63, 3.8) is 0 Å². The average Bonchev–Trinajstić information content (AvgIpc) is 2.94. The molecule has 4 rings (SSSR count). The van der Waals surface area contributed by atoms with E-state index in [1.807, 2.05) is 4.90 Å². The van der Waals surface area contributed by atoms with Gasteiger partial charge in [0.15, 0.2) is 17.5 Å². The van der Waals surface area contributed by atoms with E-state index in [0.29, 0.717) is 66.8 Å². The van der Waals surface area contributed by atoms with Crippen LogP contribution in [0.4, 0.5) is 18.9 Å². The fraction of sp³-hybridized carbons (Fsp3) is 0.429. The number of likely N-dealkylation sites (tertiary alicyclic amines) is 1. The molecule has 0 bridgehead atoms. The average molecular weight is 548 g/mol. The number of fused-ring (bicyclic) bond motifs is 1. The monoisotopic (exact) mass is 547 g/mol. The summed E-state index contributed by atoms with van der Waals surface area (Å²) in [5, 5.41) is 34.7. The van der Waals surface area contributed by atoms with Crippen LogP contribution >= 0.6 is 0 Å². The van der Waals surface area contributed by atoms with Gasteiger partial charge in [-0.3, -0.25) is 9.78 Å². The lowest BCUT2D eigenvalue weighted by Crippen LogP contribution is -2.45. The predicted octanol–water partition coefficient (Wildman–Crippen LogP) is 4.25. The Labute approximate surface area is 224 Å². The van der Waals surface area contributed by atoms with Crippen LogP contribution in [-0.2, 0) is 11.4 Å². The first kappa shape index (κ1) is 28.6. The van der Waals surface area contributed by atoms with Crippen LogP contribution in [-0.4, -0.2) is 64.5 Å². The number of aliphatic hydroxyl groups is 2. The molecule has 0 spiro atoms. The van der Waals surface area contributed by atoms with Crippen molar-refractivity contribution < 1.29 is 38.0 Å². The highest BCUT2D eigenvalue weighted by atomic mass is 19.2. The molecule has 4 N–H and O–H groups in total. The van der Waals surface area contributed by atoms with E-state index in [0.717, 1.165) is 12.1 Å². The SMILES string of the molecule is COc1ccc2ncc(CO)c(C(O)CCC3(C(=O)O)CCN(CCNc4cc(F)c(F)c(F)c4)CC3)c2c1. The molecule has 1 saturated heterocycles. The highest BCUT2D eigenvalue weighted by Gasteiger charge is 2.41. The summed E-state index contributed by atoms with van der Waals surface area (Å²) in [6.07, 6.45) is 1.65. The van der Waals surface area contributed by atoms with Crippen LogP contribution in [0.3, 0.4) is 0 Å². The van der Waals surface area contributed by atoms with Crippen LogP contribution < -0.4 is 10.1 Å². The molecule has 0 saturated carbocycles. The number of halogens is 3. The van der Waals surface area contributed by atoms with E-state index < -0.39 is 34.9 Å². The number of hydrogen-bond acceptors (Lipinski definition) is 7. The smallest absolute Gasteiger partial charge is 0.309 e. The maximum absolute atomic E-state index is 13.4. The lowest BCUT2D eigenvalue weighted by Gasteiger charge is -2.39. The van der Waals surface area contributed by atoms with Crippen molar-refractivity contribution >= 4 is 22.6 Å². The number of aromatic nitrogens is 1. The number of carboxylic acid groups (broad SMARTS) is 1. The van der Waals surface area contributed by atoms with Crippen LogP contribution in [0, 0.1) is 22.9 Å². The number of pyridine rings is 1. The number of rotatable bonds is 11. The number of nitrogens with one attached hydrogen (secondary N) is 1. The number of methoxy groups -OCH3 is 1. The van der Waals surface area contributed by atoms with Crippen molar-refractivity contribution in [1.82, 2.24) is 9.88 Å². The van der Waals surface area contributed by atoms with Gasteiger partial charge >= 0.3 is 5.97 Å². The zero-order chi connectivity index (χ0) is 28.2. The Morgan fingerprint density at radius 2 is 1.87 bits per heavy atom. The van der Waals surface area contributed by atoms with E-state index in [1.54, 1.807) is 18.2 Å². The number of aliphatic hydroxyl groups excluding tert-OH is 2. The highest BCUT2D eigenvalue weighted by molar-refractivity contribution is 5.85. The van der Waals surface area contributed by atoms with E-state index in [4.69, 9.17) is 4.74 Å². The second-order valence-electron chi connectivity index (χ2n) is 9.90. The Hall–Kier alpha value is -3.41. The Morgan fingerprint density at radius 3 is 2.49 bits per heavy atom. The van der Waals surface area contributed by atoms with Gasteiger partial charge in [-0.1, -0.05) is 0 Å². The van der Waals surface area contributed by atoms with Gasteiger partial charge in [-0.25, -0.2) is 13.2 Å². The molecule has 1 fully saturated rings. The van der Waals surface area contributed by atoms with Crippen LogP contribution in [0.15, 0.2) is 36.5 Å². The first-order chi connectivity index (χ1) is 18.7. The van der Waals surface area contributed by atoms with Gasteiger partial charge in [-0.05, 0) is 62.5 Å². The predicted molar refractivity (Wildman–Crippen MR) is 139 cm³/mol. The Morgan fingerprint density at radius 1 is 1.18 bits per heavy atom. The number of piperidine rings is 1. The molecular formula is C28H32F3N3O5. The quantitative estimate of drug-likeness (QED) is 0.264. The number of carbonyl (C=O) groups is 1. The molecule has 0 aliphatic carbocycles. The third-order valence-corrected chi connectivity index (χ3v) is 7.61. The molecule has 2 aromatic carbocycles. The second kappa shape index (κ2) is 12.2. The molecular weight excluding hydrogens is 515 g/mol. The molecule has 0 amide bonds. The summed E-state index contributed by atoms with van der Waals surface area (Å²) in [5.41, 5.74) is 0.715. The minimum atomic E-state index is -1.52.